The van der Waals surface area contributed by atoms with Gasteiger partial charge >= 0.3 is 0 Å². The van der Waals surface area contributed by atoms with Gasteiger partial charge in [0, 0.05) is 0 Å². The van der Waals surface area contributed by atoms with Crippen LogP contribution in [0.5, 0.6) is 0 Å². The van der Waals surface area contributed by atoms with Crippen LogP contribution in [0, 0.1) is 0 Å². The lowest BCUT2D eigenvalue weighted by molar-refractivity contribution is -0.154. The van der Waals surface area contributed by atoms with Gasteiger partial charge in [-0.25, -0.2) is 0 Å². The highest BCUT2D eigenvalue weighted by Crippen LogP contribution is 2.29. The third-order valence-electron chi connectivity index (χ3n) is 2.10. The van der Waals surface area contributed by atoms with Crippen molar-refractivity contribution in [1.82, 2.24) is 0 Å². The van der Waals surface area contributed by atoms with Crippen LogP contribution in [0.4, 0.5) is 0 Å². The molecule has 1 aliphatic rings. The summed E-state index contributed by atoms with van der Waals surface area (Å²) in [6.45, 7) is 8.41. The van der Waals surface area contributed by atoms with Crippen LogP contribution in [0.2, 0.25) is 0 Å². The summed E-state index contributed by atoms with van der Waals surface area (Å²) >= 11 is 0. The molecule has 0 bridgehead atoms. The molecule has 0 aromatic rings. The quantitative estimate of drug-likeness (QED) is 0.519. The predicted molar refractivity (Wildman–Crippen MR) is 54.3 cm³/mol. The van der Waals surface area contributed by atoms with Crippen molar-refractivity contribution in [1.29, 1.82) is 0 Å². The first-order valence-electron chi connectivity index (χ1n) is 4.86. The van der Waals surface area contributed by atoms with E-state index in [1.54, 1.807) is 13.8 Å². The van der Waals surface area contributed by atoms with Crippen molar-refractivity contribution in [2.24, 2.45) is 0 Å². The highest BCUT2D eigenvalue weighted by Gasteiger charge is 2.43. The monoisotopic (exact) mass is 212 g/mol. The Bertz CT molecular complexity index is 293. The Labute approximate surface area is 89.2 Å². The van der Waals surface area contributed by atoms with Crippen LogP contribution in [0.3, 0.4) is 0 Å². The van der Waals surface area contributed by atoms with E-state index in [1.807, 2.05) is 0 Å². The van der Waals surface area contributed by atoms with Gasteiger partial charge < -0.3 is 9.47 Å². The fraction of sp³-hybridized carbons (Fsp3) is 0.636. The molecule has 4 heteroatoms. The lowest BCUT2D eigenvalue weighted by atomic mass is 10.1. The van der Waals surface area contributed by atoms with E-state index in [0.717, 1.165) is 0 Å². The summed E-state index contributed by atoms with van der Waals surface area (Å²) in [6, 6.07) is 0. The summed E-state index contributed by atoms with van der Waals surface area (Å²) in [5.41, 5.74) is 0. The van der Waals surface area contributed by atoms with E-state index in [2.05, 4.69) is 6.58 Å². The molecule has 0 aromatic heterocycles. The Morgan fingerprint density at radius 3 is 2.47 bits per heavy atom. The second kappa shape index (κ2) is 4.24. The third kappa shape index (κ3) is 2.97. The van der Waals surface area contributed by atoms with Crippen LogP contribution >= 0.6 is 0 Å². The first kappa shape index (κ1) is 12.1. The maximum atomic E-state index is 11.6. The molecule has 1 fully saturated rings. The standard InChI is InChI=1S/C11H16O4/c1-5-9-10(8(13)6-7(2)12)15-11(3,4)14-9/h5,9-10H,1,6H2,2-4H3/t9-,10+/m0/s1. The predicted octanol–water partition coefficient (Wildman–Crippen LogP) is 1.24. The van der Waals surface area contributed by atoms with E-state index < -0.39 is 18.0 Å². The van der Waals surface area contributed by atoms with Gasteiger partial charge in [0.25, 0.3) is 0 Å². The maximum Gasteiger partial charge on any atom is 0.172 e. The highest BCUT2D eigenvalue weighted by molar-refractivity contribution is 6.00. The second-order valence-corrected chi connectivity index (χ2v) is 4.10. The number of rotatable bonds is 4. The molecule has 15 heavy (non-hydrogen) atoms. The van der Waals surface area contributed by atoms with Crippen LogP contribution in [0.1, 0.15) is 27.2 Å². The maximum absolute atomic E-state index is 11.6. The van der Waals surface area contributed by atoms with Crippen LogP contribution in [-0.4, -0.2) is 29.6 Å². The van der Waals surface area contributed by atoms with Crippen molar-refractivity contribution in [3.05, 3.63) is 12.7 Å². The molecule has 0 spiro atoms. The molecule has 4 nitrogen and oxygen atoms in total. The molecule has 2 atom stereocenters. The van der Waals surface area contributed by atoms with Gasteiger partial charge in [-0.1, -0.05) is 6.08 Å². The van der Waals surface area contributed by atoms with Crippen molar-refractivity contribution < 1.29 is 19.1 Å². The summed E-state index contributed by atoms with van der Waals surface area (Å²) in [6.07, 6.45) is 0.236. The van der Waals surface area contributed by atoms with Crippen molar-refractivity contribution in [3.8, 4) is 0 Å². The van der Waals surface area contributed by atoms with Gasteiger partial charge in [-0.15, -0.1) is 6.58 Å². The van der Waals surface area contributed by atoms with E-state index >= 15 is 0 Å². The van der Waals surface area contributed by atoms with Gasteiger partial charge in [-0.2, -0.15) is 0 Å². The lowest BCUT2D eigenvalue weighted by Gasteiger charge is -2.16. The molecule has 0 aromatic carbocycles. The number of carbonyl (C=O) groups excluding carboxylic acids is 2. The summed E-state index contributed by atoms with van der Waals surface area (Å²) < 4.78 is 10.9. The number of ether oxygens (including phenoxy) is 2. The van der Waals surface area contributed by atoms with Gasteiger partial charge in [-0.05, 0) is 20.8 Å². The SMILES string of the molecule is C=C[C@@H]1OC(C)(C)O[C@@H]1C(=O)CC(C)=O. The molecule has 0 saturated carbocycles. The van der Waals surface area contributed by atoms with Crippen LogP contribution in [0.25, 0.3) is 0 Å². The van der Waals surface area contributed by atoms with Crippen molar-refractivity contribution >= 4 is 11.6 Å². The molecule has 0 unspecified atom stereocenters. The smallest absolute Gasteiger partial charge is 0.172 e. The minimum atomic E-state index is -0.796. The zero-order chi connectivity index (χ0) is 11.6. The molecule has 84 valence electrons. The summed E-state index contributed by atoms with van der Waals surface area (Å²) in [4.78, 5) is 22.5. The average molecular weight is 212 g/mol. The molecule has 1 aliphatic heterocycles. The highest BCUT2D eigenvalue weighted by atomic mass is 16.8. The van der Waals surface area contributed by atoms with Gasteiger partial charge in [0.05, 0.1) is 6.42 Å². The first-order valence-corrected chi connectivity index (χ1v) is 4.86. The molecule has 1 heterocycles. The van der Waals surface area contributed by atoms with E-state index in [9.17, 15) is 9.59 Å². The molecule has 1 saturated heterocycles. The Balaban J connectivity index is 2.72. The van der Waals surface area contributed by atoms with Gasteiger partial charge in [0.15, 0.2) is 11.6 Å². The zero-order valence-electron chi connectivity index (χ0n) is 9.28. The van der Waals surface area contributed by atoms with E-state index in [1.165, 1.54) is 13.0 Å². The molecular weight excluding hydrogens is 196 g/mol. The molecule has 0 aliphatic carbocycles. The third-order valence-corrected chi connectivity index (χ3v) is 2.10. The Hall–Kier alpha value is -1.00. The fourth-order valence-electron chi connectivity index (χ4n) is 1.56. The summed E-state index contributed by atoms with van der Waals surface area (Å²) in [5.74, 6) is -1.22. The van der Waals surface area contributed by atoms with Crippen molar-refractivity contribution in [3.63, 3.8) is 0 Å². The Morgan fingerprint density at radius 2 is 2.00 bits per heavy atom. The van der Waals surface area contributed by atoms with E-state index in [-0.39, 0.29) is 18.0 Å². The minimum absolute atomic E-state index is 0.117. The second-order valence-electron chi connectivity index (χ2n) is 4.10. The van der Waals surface area contributed by atoms with Crippen LogP contribution in [-0.2, 0) is 19.1 Å². The number of ketones is 2. The fourth-order valence-corrected chi connectivity index (χ4v) is 1.56. The first-order chi connectivity index (χ1) is 6.85. The number of carbonyl (C=O) groups is 2. The topological polar surface area (TPSA) is 52.6 Å². The minimum Gasteiger partial charge on any atom is -0.340 e. The molecule has 0 radical (unpaired) electrons. The normalized spacial score (nSPS) is 28.7. The van der Waals surface area contributed by atoms with Gasteiger partial charge in [0.1, 0.15) is 18.0 Å². The Kier molecular flexibility index (Phi) is 3.42. The molecule has 1 rings (SSSR count). The molecule has 0 amide bonds. The lowest BCUT2D eigenvalue weighted by Crippen LogP contribution is -2.31. The largest absolute Gasteiger partial charge is 0.340 e. The van der Waals surface area contributed by atoms with Crippen LogP contribution in [0.15, 0.2) is 12.7 Å². The number of hydrogen-bond donors (Lipinski definition) is 0. The number of Topliss-reactive ketones (excluding diaryl/α,β-unsaturated/α-hetero) is 2. The van der Waals surface area contributed by atoms with Gasteiger partial charge in [-0.3, -0.25) is 9.59 Å². The molecular formula is C11H16O4. The summed E-state index contributed by atoms with van der Waals surface area (Å²) in [5, 5.41) is 0. The zero-order valence-corrected chi connectivity index (χ0v) is 9.28. The van der Waals surface area contributed by atoms with E-state index in [4.69, 9.17) is 9.47 Å². The van der Waals surface area contributed by atoms with Crippen molar-refractivity contribution in [2.75, 3.05) is 0 Å². The number of hydrogen-bond acceptors (Lipinski definition) is 4. The van der Waals surface area contributed by atoms with E-state index in [0.29, 0.717) is 0 Å². The van der Waals surface area contributed by atoms with Crippen LogP contribution < -0.4 is 0 Å². The molecule has 0 N–H and O–H groups in total. The summed E-state index contributed by atoms with van der Waals surface area (Å²) in [7, 11) is 0. The Morgan fingerprint density at radius 1 is 1.40 bits per heavy atom. The van der Waals surface area contributed by atoms with Gasteiger partial charge in [0.2, 0.25) is 0 Å². The van der Waals surface area contributed by atoms with Crippen molar-refractivity contribution in [2.45, 2.75) is 45.2 Å². The average Bonchev–Trinajstić information content (AvgIpc) is 2.40.